The molecule has 1 unspecified atom stereocenters. The Labute approximate surface area is 248 Å². The van der Waals surface area contributed by atoms with Crippen LogP contribution in [0.4, 0.5) is 5.69 Å². The third-order valence-electron chi connectivity index (χ3n) is 10.0. The van der Waals surface area contributed by atoms with E-state index in [1.54, 1.807) is 25.1 Å². The number of anilines is 1. The highest BCUT2D eigenvalue weighted by atomic mass is 35.5. The summed E-state index contributed by atoms with van der Waals surface area (Å²) in [5.74, 6) is 0.232. The number of benzene rings is 2. The molecular weight excluding hydrogens is 560 g/mol. The molecule has 6 rings (SSSR count). The number of carbonyl (C=O) groups is 1. The molecule has 0 saturated heterocycles. The molecule has 2 aromatic rings. The number of allylic oxidation sites excluding steroid dienone is 1. The summed E-state index contributed by atoms with van der Waals surface area (Å²) in [7, 11) is -3.91. The SMILES string of the molecule is C[C@@H]1[C@@H](C)C/C=C/[C@H](O)C2CC[C@H]2CN2C[C@@]3(CCCc4cc(Cl)ccc43)COc3ccc(cc32)C(=O)NS1(=O)=O. The number of aliphatic hydroxyl groups excluding tert-OH is 1. The summed E-state index contributed by atoms with van der Waals surface area (Å²) in [6, 6.07) is 11.4. The van der Waals surface area contributed by atoms with Gasteiger partial charge in [-0.25, -0.2) is 13.1 Å². The molecule has 2 aliphatic carbocycles. The quantitative estimate of drug-likeness (QED) is 0.403. The van der Waals surface area contributed by atoms with Gasteiger partial charge in [0.25, 0.3) is 5.91 Å². The second-order valence-corrected chi connectivity index (χ2v) is 15.1. The molecule has 220 valence electrons. The Bertz CT molecular complexity index is 1480. The van der Waals surface area contributed by atoms with Gasteiger partial charge in [0.05, 0.1) is 23.6 Å². The molecule has 2 N–H and O–H groups in total. The summed E-state index contributed by atoms with van der Waals surface area (Å²) in [5.41, 5.74) is 3.33. The summed E-state index contributed by atoms with van der Waals surface area (Å²) >= 11 is 6.38. The van der Waals surface area contributed by atoms with Crippen LogP contribution in [0.15, 0.2) is 48.6 Å². The highest BCUT2D eigenvalue weighted by Crippen LogP contribution is 2.46. The van der Waals surface area contributed by atoms with Crippen LogP contribution in [0.5, 0.6) is 5.75 Å². The summed E-state index contributed by atoms with van der Waals surface area (Å²) in [4.78, 5) is 15.6. The summed E-state index contributed by atoms with van der Waals surface area (Å²) in [6.45, 7) is 5.39. The van der Waals surface area contributed by atoms with Crippen molar-refractivity contribution >= 4 is 33.2 Å². The number of hydrogen-bond donors (Lipinski definition) is 2. The average molecular weight is 599 g/mol. The van der Waals surface area contributed by atoms with E-state index in [2.05, 4.69) is 21.8 Å². The van der Waals surface area contributed by atoms with Crippen LogP contribution in [0.3, 0.4) is 0 Å². The van der Waals surface area contributed by atoms with Crippen LogP contribution in [0.25, 0.3) is 0 Å². The van der Waals surface area contributed by atoms with E-state index in [0.717, 1.165) is 42.8 Å². The number of fused-ring (bicyclic) bond motifs is 4. The maximum atomic E-state index is 13.3. The van der Waals surface area contributed by atoms with Crippen molar-refractivity contribution in [3.05, 3.63) is 70.3 Å². The first-order valence-corrected chi connectivity index (χ1v) is 16.7. The standard InChI is InChI=1S/C32H39ClN2O5S/c1-20-5-3-7-29(36)26-11-8-24(26)17-35-18-32(14-4-6-22-15-25(33)10-12-27(22)32)19-40-30-13-9-23(16-28(30)35)31(37)34-41(38,39)21(20)2/h3,7,9-10,12-13,15-16,20-21,24,26,29,36H,4-6,8,11,14,17-19H2,1-2H3,(H,34,37)/b7-3+/t20-,21+,24-,26?,29-,32-/m0/s1. The molecule has 2 heterocycles. The lowest BCUT2D eigenvalue weighted by molar-refractivity contribution is 0.0456. The van der Waals surface area contributed by atoms with Crippen molar-refractivity contribution in [2.24, 2.45) is 17.8 Å². The summed E-state index contributed by atoms with van der Waals surface area (Å²) in [6.07, 6.45) is 8.58. The van der Waals surface area contributed by atoms with Crippen molar-refractivity contribution in [2.45, 2.75) is 69.1 Å². The number of ether oxygens (including phenoxy) is 1. The maximum absolute atomic E-state index is 13.3. The monoisotopic (exact) mass is 598 g/mol. The van der Waals surface area contributed by atoms with Crippen molar-refractivity contribution in [2.75, 3.05) is 24.6 Å². The minimum atomic E-state index is -3.91. The molecule has 1 fully saturated rings. The molecule has 41 heavy (non-hydrogen) atoms. The highest BCUT2D eigenvalue weighted by Gasteiger charge is 2.44. The van der Waals surface area contributed by atoms with Crippen molar-refractivity contribution in [1.29, 1.82) is 0 Å². The van der Waals surface area contributed by atoms with Gasteiger partial charge in [-0.05, 0) is 105 Å². The highest BCUT2D eigenvalue weighted by molar-refractivity contribution is 7.90. The number of aryl methyl sites for hydroxylation is 1. The largest absolute Gasteiger partial charge is 0.490 e. The molecule has 1 amide bonds. The number of aliphatic hydroxyl groups is 1. The lowest BCUT2D eigenvalue weighted by atomic mass is 9.68. The molecule has 1 spiro atoms. The maximum Gasteiger partial charge on any atom is 0.264 e. The Morgan fingerprint density at radius 1 is 1.15 bits per heavy atom. The van der Waals surface area contributed by atoms with E-state index in [1.807, 2.05) is 25.1 Å². The molecule has 1 saturated carbocycles. The molecule has 2 aromatic carbocycles. The van der Waals surface area contributed by atoms with Gasteiger partial charge >= 0.3 is 0 Å². The average Bonchev–Trinajstić information content (AvgIpc) is 3.06. The van der Waals surface area contributed by atoms with Gasteiger partial charge < -0.3 is 14.7 Å². The predicted octanol–water partition coefficient (Wildman–Crippen LogP) is 5.24. The Kier molecular flexibility index (Phi) is 7.62. The van der Waals surface area contributed by atoms with E-state index in [9.17, 15) is 18.3 Å². The third-order valence-corrected chi connectivity index (χ3v) is 12.2. The van der Waals surface area contributed by atoms with E-state index in [4.69, 9.17) is 16.3 Å². The van der Waals surface area contributed by atoms with Gasteiger partial charge in [0.1, 0.15) is 5.75 Å². The van der Waals surface area contributed by atoms with Gasteiger partial charge in [-0.1, -0.05) is 36.7 Å². The molecule has 7 nitrogen and oxygen atoms in total. The van der Waals surface area contributed by atoms with Crippen molar-refractivity contribution in [1.82, 2.24) is 4.72 Å². The Hall–Kier alpha value is -2.55. The molecule has 2 bridgehead atoms. The lowest BCUT2D eigenvalue weighted by Crippen LogP contribution is -2.49. The van der Waals surface area contributed by atoms with Gasteiger partial charge in [0, 0.05) is 29.1 Å². The van der Waals surface area contributed by atoms with Crippen molar-refractivity contribution < 1.29 is 23.1 Å². The van der Waals surface area contributed by atoms with Crippen molar-refractivity contribution in [3.8, 4) is 5.75 Å². The zero-order chi connectivity index (χ0) is 28.9. The van der Waals surface area contributed by atoms with Crippen LogP contribution in [-0.4, -0.2) is 50.5 Å². The van der Waals surface area contributed by atoms with E-state index in [-0.39, 0.29) is 28.7 Å². The van der Waals surface area contributed by atoms with Crippen LogP contribution in [0, 0.1) is 17.8 Å². The number of amides is 1. The van der Waals surface area contributed by atoms with Crippen LogP contribution >= 0.6 is 11.6 Å². The van der Waals surface area contributed by atoms with Gasteiger partial charge in [0.2, 0.25) is 10.0 Å². The van der Waals surface area contributed by atoms with Gasteiger partial charge in [-0.3, -0.25) is 4.79 Å². The lowest BCUT2D eigenvalue weighted by Gasteiger charge is -2.45. The number of carbonyl (C=O) groups excluding carboxylic acids is 1. The fraction of sp³-hybridized carbons (Fsp3) is 0.531. The van der Waals surface area contributed by atoms with Crippen LogP contribution < -0.4 is 14.4 Å². The Morgan fingerprint density at radius 3 is 2.76 bits per heavy atom. The minimum Gasteiger partial charge on any atom is -0.490 e. The van der Waals surface area contributed by atoms with Gasteiger partial charge in [-0.15, -0.1) is 0 Å². The number of hydrogen-bond acceptors (Lipinski definition) is 6. The predicted molar refractivity (Wildman–Crippen MR) is 161 cm³/mol. The molecule has 9 heteroatoms. The smallest absolute Gasteiger partial charge is 0.264 e. The fourth-order valence-electron chi connectivity index (χ4n) is 7.16. The zero-order valence-corrected chi connectivity index (χ0v) is 25.3. The molecule has 0 radical (unpaired) electrons. The van der Waals surface area contributed by atoms with Gasteiger partial charge in [0.15, 0.2) is 0 Å². The van der Waals surface area contributed by atoms with E-state index < -0.39 is 27.3 Å². The second kappa shape index (κ2) is 10.9. The number of nitrogens with one attached hydrogen (secondary N) is 1. The minimum absolute atomic E-state index is 0.128. The van der Waals surface area contributed by atoms with Crippen molar-refractivity contribution in [3.63, 3.8) is 0 Å². The molecule has 0 aromatic heterocycles. The topological polar surface area (TPSA) is 95.9 Å². The first-order chi connectivity index (χ1) is 19.6. The normalized spacial score (nSPS) is 33.8. The summed E-state index contributed by atoms with van der Waals surface area (Å²) in [5, 5.41) is 11.1. The Morgan fingerprint density at radius 2 is 1.98 bits per heavy atom. The zero-order valence-electron chi connectivity index (χ0n) is 23.7. The van der Waals surface area contributed by atoms with E-state index in [1.165, 1.54) is 11.1 Å². The first kappa shape index (κ1) is 28.6. The number of rotatable bonds is 0. The first-order valence-electron chi connectivity index (χ1n) is 14.8. The number of sulfonamides is 1. The fourth-order valence-corrected chi connectivity index (χ4v) is 8.64. The van der Waals surface area contributed by atoms with E-state index >= 15 is 0 Å². The molecular formula is C32H39ClN2O5S. The van der Waals surface area contributed by atoms with Crippen LogP contribution in [0.1, 0.15) is 67.4 Å². The second-order valence-electron chi connectivity index (χ2n) is 12.6. The number of halogens is 1. The van der Waals surface area contributed by atoms with E-state index in [0.29, 0.717) is 31.9 Å². The Balaban J connectivity index is 1.42. The van der Waals surface area contributed by atoms with Crippen LogP contribution in [-0.2, 0) is 21.9 Å². The summed E-state index contributed by atoms with van der Waals surface area (Å²) < 4.78 is 35.1. The molecule has 6 atom stereocenters. The van der Waals surface area contributed by atoms with Gasteiger partial charge in [-0.2, -0.15) is 0 Å². The number of nitrogens with zero attached hydrogens (tertiary/aromatic N) is 1. The van der Waals surface area contributed by atoms with Crippen LogP contribution in [0.2, 0.25) is 5.02 Å². The molecule has 2 aliphatic heterocycles. The molecule has 4 aliphatic rings. The third kappa shape index (κ3) is 5.39.